The van der Waals surface area contributed by atoms with E-state index < -0.39 is 6.10 Å². The highest BCUT2D eigenvalue weighted by molar-refractivity contribution is 5.95. The van der Waals surface area contributed by atoms with Gasteiger partial charge < -0.3 is 14.9 Å². The van der Waals surface area contributed by atoms with E-state index in [1.807, 2.05) is 19.9 Å². The van der Waals surface area contributed by atoms with Crippen LogP contribution in [-0.4, -0.2) is 40.9 Å². The molecule has 8 atom stereocenters. The van der Waals surface area contributed by atoms with Crippen molar-refractivity contribution >= 4 is 5.78 Å². The Balaban J connectivity index is 0.000000199. The molecule has 4 rings (SSSR count). The Morgan fingerprint density at radius 1 is 1.27 bits per heavy atom. The van der Waals surface area contributed by atoms with Gasteiger partial charge in [0.15, 0.2) is 5.78 Å². The van der Waals surface area contributed by atoms with E-state index in [2.05, 4.69) is 33.9 Å². The molecule has 0 amide bonds. The second-order valence-electron chi connectivity index (χ2n) is 10.6. The maximum Gasteiger partial charge on any atom is 0.158 e. The minimum Gasteiger partial charge on any atom is -0.393 e. The molecule has 4 aliphatic rings. The number of aliphatic hydroxyl groups excluding tert-OH is 2. The molecular weight excluding hydrogens is 376 g/mol. The Labute approximate surface area is 182 Å². The van der Waals surface area contributed by atoms with E-state index in [0.29, 0.717) is 30.8 Å². The van der Waals surface area contributed by atoms with Gasteiger partial charge in [-0.05, 0) is 75.4 Å². The van der Waals surface area contributed by atoms with Gasteiger partial charge in [0.1, 0.15) is 0 Å². The van der Waals surface area contributed by atoms with Crippen LogP contribution in [0.15, 0.2) is 36.0 Å². The number of allylic oxidation sites excluding steroid dienone is 3. The highest BCUT2D eigenvalue weighted by Gasteiger charge is 2.67. The van der Waals surface area contributed by atoms with Crippen molar-refractivity contribution in [3.63, 3.8) is 0 Å². The molecule has 0 unspecified atom stereocenters. The molecule has 0 aromatic heterocycles. The predicted octanol–water partition coefficient (Wildman–Crippen LogP) is 4.61. The molecule has 0 aromatic carbocycles. The van der Waals surface area contributed by atoms with Crippen LogP contribution in [0.1, 0.15) is 66.7 Å². The molecule has 1 heterocycles. The second kappa shape index (κ2) is 8.37. The van der Waals surface area contributed by atoms with Crippen LogP contribution in [0.4, 0.5) is 0 Å². The van der Waals surface area contributed by atoms with Gasteiger partial charge in [-0.15, -0.1) is 0 Å². The van der Waals surface area contributed by atoms with Crippen molar-refractivity contribution in [2.45, 2.75) is 85.0 Å². The quantitative estimate of drug-likeness (QED) is 0.613. The predicted molar refractivity (Wildman–Crippen MR) is 120 cm³/mol. The maximum absolute atomic E-state index is 11.2. The van der Waals surface area contributed by atoms with E-state index in [4.69, 9.17) is 4.74 Å². The van der Waals surface area contributed by atoms with Gasteiger partial charge in [-0.2, -0.15) is 0 Å². The SMILES string of the molecule is C=C(C)[C@@H]1CC=C(C)C(=O)C1.C=C1CO[C@@H](C)[C@]12C[C@@H]1C[C@@H](O)C[C@@H](C)[C@]1(C)[C@H]2O. The van der Waals surface area contributed by atoms with Gasteiger partial charge in [-0.1, -0.05) is 38.7 Å². The average molecular weight is 417 g/mol. The Hall–Kier alpha value is -1.23. The van der Waals surface area contributed by atoms with E-state index in [9.17, 15) is 15.0 Å². The molecule has 4 heteroatoms. The van der Waals surface area contributed by atoms with Crippen LogP contribution in [0.3, 0.4) is 0 Å². The Morgan fingerprint density at radius 2 is 1.93 bits per heavy atom. The molecule has 0 aromatic rings. The summed E-state index contributed by atoms with van der Waals surface area (Å²) in [5.41, 5.74) is 2.68. The zero-order valence-corrected chi connectivity index (χ0v) is 19.4. The smallest absolute Gasteiger partial charge is 0.158 e. The van der Waals surface area contributed by atoms with Crippen LogP contribution in [0, 0.1) is 28.6 Å². The second-order valence-corrected chi connectivity index (χ2v) is 10.6. The Bertz CT molecular complexity index is 752. The van der Waals surface area contributed by atoms with E-state index in [-0.39, 0.29) is 28.8 Å². The summed E-state index contributed by atoms with van der Waals surface area (Å²) in [5.74, 6) is 1.37. The first-order valence-electron chi connectivity index (χ1n) is 11.5. The maximum atomic E-state index is 11.2. The molecule has 168 valence electrons. The summed E-state index contributed by atoms with van der Waals surface area (Å²) in [7, 11) is 0. The molecule has 3 aliphatic carbocycles. The van der Waals surface area contributed by atoms with E-state index in [1.165, 1.54) is 0 Å². The molecule has 0 bridgehead atoms. The molecule has 3 fully saturated rings. The van der Waals surface area contributed by atoms with E-state index >= 15 is 0 Å². The Kier molecular flexibility index (Phi) is 6.54. The molecule has 1 aliphatic heterocycles. The molecule has 0 radical (unpaired) electrons. The number of carbonyl (C=O) groups excluding carboxylic acids is 1. The van der Waals surface area contributed by atoms with Crippen molar-refractivity contribution in [3.05, 3.63) is 36.0 Å². The molecule has 2 N–H and O–H groups in total. The van der Waals surface area contributed by atoms with Gasteiger partial charge in [0.2, 0.25) is 0 Å². The van der Waals surface area contributed by atoms with Crippen LogP contribution in [0.25, 0.3) is 0 Å². The van der Waals surface area contributed by atoms with Gasteiger partial charge in [-0.25, -0.2) is 0 Å². The number of ether oxygens (including phenoxy) is 1. The lowest BCUT2D eigenvalue weighted by Gasteiger charge is -2.47. The van der Waals surface area contributed by atoms with Crippen molar-refractivity contribution in [1.29, 1.82) is 0 Å². The van der Waals surface area contributed by atoms with Crippen LogP contribution >= 0.6 is 0 Å². The number of carbonyl (C=O) groups is 1. The van der Waals surface area contributed by atoms with Gasteiger partial charge in [0.05, 0.1) is 24.9 Å². The van der Waals surface area contributed by atoms with Gasteiger partial charge >= 0.3 is 0 Å². The largest absolute Gasteiger partial charge is 0.393 e. The first-order chi connectivity index (χ1) is 13.9. The number of fused-ring (bicyclic) bond motifs is 1. The van der Waals surface area contributed by atoms with Crippen molar-refractivity contribution in [3.8, 4) is 0 Å². The summed E-state index contributed by atoms with van der Waals surface area (Å²) in [6.45, 7) is 18.9. The van der Waals surface area contributed by atoms with Crippen molar-refractivity contribution < 1.29 is 19.7 Å². The lowest BCUT2D eigenvalue weighted by atomic mass is 9.60. The highest BCUT2D eigenvalue weighted by Crippen LogP contribution is 2.65. The molecule has 1 spiro atoms. The van der Waals surface area contributed by atoms with Crippen molar-refractivity contribution in [2.75, 3.05) is 6.61 Å². The Morgan fingerprint density at radius 3 is 2.47 bits per heavy atom. The lowest BCUT2D eigenvalue weighted by Crippen LogP contribution is -2.49. The standard InChI is InChI=1S/C16H26O3.C10H14O/c1-9-5-13(17)6-12-7-16(14(18)15(9,12)4)10(2)8-19-11(16)3;1-7(2)9-5-4-8(3)10(11)6-9/h9,11-14,17-18H,2,5-8H2,1,3-4H3;4,9H,1,5-6H2,2-3H3/t9-,11+,12+,13+,14-,15+,16+;9-/m11/s1. The monoisotopic (exact) mass is 416 g/mol. The third-order valence-corrected chi connectivity index (χ3v) is 8.95. The summed E-state index contributed by atoms with van der Waals surface area (Å²) in [6, 6.07) is 0. The third-order valence-electron chi connectivity index (χ3n) is 8.95. The number of aliphatic hydroxyl groups is 2. The summed E-state index contributed by atoms with van der Waals surface area (Å²) in [5, 5.41) is 21.2. The average Bonchev–Trinajstić information content (AvgIpc) is 3.09. The number of Topliss-reactive ketones (excluding diaryl/α,β-unsaturated/α-hetero) is 1. The fourth-order valence-corrected chi connectivity index (χ4v) is 6.41. The van der Waals surface area contributed by atoms with E-state index in [0.717, 1.165) is 42.4 Å². The zero-order chi connectivity index (χ0) is 22.4. The minimum absolute atomic E-state index is 0.0294. The fraction of sp³-hybridized carbons (Fsp3) is 0.731. The molecule has 30 heavy (non-hydrogen) atoms. The summed E-state index contributed by atoms with van der Waals surface area (Å²) in [6.07, 6.45) is 5.59. The van der Waals surface area contributed by atoms with Crippen LogP contribution in [0.2, 0.25) is 0 Å². The molecule has 2 saturated carbocycles. The number of hydrogen-bond acceptors (Lipinski definition) is 4. The zero-order valence-electron chi connectivity index (χ0n) is 19.4. The molecular formula is C26H40O4. The van der Waals surface area contributed by atoms with Crippen LogP contribution in [0.5, 0.6) is 0 Å². The first kappa shape index (κ1) is 23.4. The highest BCUT2D eigenvalue weighted by atomic mass is 16.5. The van der Waals surface area contributed by atoms with E-state index in [1.54, 1.807) is 0 Å². The fourth-order valence-electron chi connectivity index (χ4n) is 6.41. The minimum atomic E-state index is -0.405. The van der Waals surface area contributed by atoms with Gasteiger partial charge in [0.25, 0.3) is 0 Å². The molecule has 1 saturated heterocycles. The molecule has 4 nitrogen and oxygen atoms in total. The van der Waals surface area contributed by atoms with Gasteiger partial charge in [-0.3, -0.25) is 4.79 Å². The van der Waals surface area contributed by atoms with Gasteiger partial charge in [0, 0.05) is 17.3 Å². The first-order valence-corrected chi connectivity index (χ1v) is 11.5. The summed E-state index contributed by atoms with van der Waals surface area (Å²) >= 11 is 0. The normalized spacial score (nSPS) is 45.6. The summed E-state index contributed by atoms with van der Waals surface area (Å²) < 4.78 is 5.76. The summed E-state index contributed by atoms with van der Waals surface area (Å²) in [4.78, 5) is 11.2. The topological polar surface area (TPSA) is 66.8 Å². The lowest BCUT2D eigenvalue weighted by molar-refractivity contribution is -0.116. The van der Waals surface area contributed by atoms with Crippen molar-refractivity contribution in [1.82, 2.24) is 0 Å². The van der Waals surface area contributed by atoms with Crippen molar-refractivity contribution in [2.24, 2.45) is 28.6 Å². The third kappa shape index (κ3) is 3.65. The number of rotatable bonds is 1. The number of ketones is 1. The number of hydrogen-bond donors (Lipinski definition) is 2. The van der Waals surface area contributed by atoms with Crippen LogP contribution < -0.4 is 0 Å². The van der Waals surface area contributed by atoms with Crippen LogP contribution in [-0.2, 0) is 9.53 Å².